The molecule has 1 atom stereocenters. The van der Waals surface area contributed by atoms with Crippen molar-refractivity contribution in [3.63, 3.8) is 0 Å². The van der Waals surface area contributed by atoms with Crippen molar-refractivity contribution in [2.24, 2.45) is 5.41 Å². The number of halogens is 3. The number of benzene rings is 1. The maximum absolute atomic E-state index is 12.6. The molecule has 25 heavy (non-hydrogen) atoms. The molecule has 1 heterocycles. The molecule has 0 aliphatic carbocycles. The minimum Gasteiger partial charge on any atom is -0.490 e. The molecule has 5 nitrogen and oxygen atoms in total. The first kappa shape index (κ1) is 18.8. The van der Waals surface area contributed by atoms with Gasteiger partial charge in [0.25, 0.3) is 0 Å². The Balaban J connectivity index is 2.02. The Morgan fingerprint density at radius 3 is 2.32 bits per heavy atom. The Bertz CT molecular complexity index is 689. The Morgan fingerprint density at radius 2 is 1.84 bits per heavy atom. The van der Waals surface area contributed by atoms with E-state index in [1.54, 1.807) is 0 Å². The van der Waals surface area contributed by atoms with E-state index < -0.39 is 29.4 Å². The summed E-state index contributed by atoms with van der Waals surface area (Å²) in [5, 5.41) is 0. The van der Waals surface area contributed by atoms with Gasteiger partial charge >= 0.3 is 12.3 Å². The van der Waals surface area contributed by atoms with Crippen LogP contribution in [0.15, 0.2) is 43.0 Å². The van der Waals surface area contributed by atoms with Gasteiger partial charge in [0.05, 0.1) is 5.56 Å². The summed E-state index contributed by atoms with van der Waals surface area (Å²) in [6, 6.07) is 4.36. The van der Waals surface area contributed by atoms with E-state index in [9.17, 15) is 18.0 Å². The van der Waals surface area contributed by atoms with Gasteiger partial charge in [-0.05, 0) is 24.3 Å². The number of alkyl halides is 3. The molecule has 0 saturated carbocycles. The summed E-state index contributed by atoms with van der Waals surface area (Å²) in [7, 11) is 0. The summed E-state index contributed by atoms with van der Waals surface area (Å²) in [5.41, 5.74) is -1.18. The van der Waals surface area contributed by atoms with Crippen molar-refractivity contribution in [3.8, 4) is 5.75 Å². The smallest absolute Gasteiger partial charge is 0.419 e. The van der Waals surface area contributed by atoms with E-state index in [4.69, 9.17) is 9.47 Å². The van der Waals surface area contributed by atoms with Gasteiger partial charge in [0, 0.05) is 17.8 Å². The van der Waals surface area contributed by atoms with Crippen LogP contribution in [0.25, 0.3) is 0 Å². The van der Waals surface area contributed by atoms with Crippen LogP contribution in [0.2, 0.25) is 0 Å². The van der Waals surface area contributed by atoms with Gasteiger partial charge in [-0.15, -0.1) is 0 Å². The van der Waals surface area contributed by atoms with E-state index in [-0.39, 0.29) is 12.4 Å². The molecule has 0 fully saturated rings. The fourth-order valence-electron chi connectivity index (χ4n) is 1.92. The van der Waals surface area contributed by atoms with Crippen LogP contribution in [0.3, 0.4) is 0 Å². The molecule has 0 saturated heterocycles. The molecule has 8 heteroatoms. The third-order valence-corrected chi connectivity index (χ3v) is 3.51. The number of nitrogens with zero attached hydrogens (tertiary/aromatic N) is 2. The predicted molar refractivity (Wildman–Crippen MR) is 84.3 cm³/mol. The van der Waals surface area contributed by atoms with E-state index in [1.807, 2.05) is 20.8 Å². The molecule has 0 spiro atoms. The van der Waals surface area contributed by atoms with Crippen LogP contribution in [0.1, 0.15) is 26.3 Å². The lowest BCUT2D eigenvalue weighted by Gasteiger charge is -2.30. The highest BCUT2D eigenvalue weighted by molar-refractivity contribution is 5.70. The molecule has 1 unspecified atom stereocenters. The normalized spacial score (nSPS) is 13.4. The van der Waals surface area contributed by atoms with E-state index in [2.05, 4.69) is 4.98 Å². The fourth-order valence-corrected chi connectivity index (χ4v) is 1.92. The SMILES string of the molecule is CC(C)(C)C(COc1ccc(C(F)(F)F)cc1)OC(=O)n1ccnc1. The molecular weight excluding hydrogens is 337 g/mol. The third kappa shape index (κ3) is 5.23. The highest BCUT2D eigenvalue weighted by Gasteiger charge is 2.31. The largest absolute Gasteiger partial charge is 0.490 e. The second-order valence-electron chi connectivity index (χ2n) is 6.54. The van der Waals surface area contributed by atoms with Crippen molar-refractivity contribution in [2.45, 2.75) is 33.1 Å². The molecule has 0 N–H and O–H groups in total. The second kappa shape index (κ2) is 7.16. The molecule has 2 rings (SSSR count). The molecule has 0 radical (unpaired) electrons. The quantitative estimate of drug-likeness (QED) is 0.816. The van der Waals surface area contributed by atoms with Gasteiger partial charge in [0.2, 0.25) is 0 Å². The van der Waals surface area contributed by atoms with Crippen molar-refractivity contribution in [3.05, 3.63) is 48.5 Å². The van der Waals surface area contributed by atoms with Gasteiger partial charge in [-0.3, -0.25) is 0 Å². The highest BCUT2D eigenvalue weighted by Crippen LogP contribution is 2.30. The van der Waals surface area contributed by atoms with Gasteiger partial charge in [0.1, 0.15) is 24.8 Å². The Morgan fingerprint density at radius 1 is 1.20 bits per heavy atom. The maximum atomic E-state index is 12.6. The Kier molecular flexibility index (Phi) is 5.39. The first-order valence-electron chi connectivity index (χ1n) is 7.56. The number of hydrogen-bond acceptors (Lipinski definition) is 4. The number of rotatable bonds is 4. The van der Waals surface area contributed by atoms with Crippen molar-refractivity contribution >= 4 is 6.09 Å². The molecule has 1 aromatic heterocycles. The van der Waals surface area contributed by atoms with Crippen molar-refractivity contribution in [1.29, 1.82) is 0 Å². The van der Waals surface area contributed by atoms with Crippen LogP contribution < -0.4 is 4.74 Å². The second-order valence-corrected chi connectivity index (χ2v) is 6.54. The third-order valence-electron chi connectivity index (χ3n) is 3.51. The first-order chi connectivity index (χ1) is 11.6. The summed E-state index contributed by atoms with van der Waals surface area (Å²) in [4.78, 5) is 15.8. The molecule has 0 aliphatic heterocycles. The zero-order chi connectivity index (χ0) is 18.7. The number of hydrogen-bond donors (Lipinski definition) is 0. The minimum absolute atomic E-state index is 0.00923. The van der Waals surface area contributed by atoms with Gasteiger partial charge < -0.3 is 9.47 Å². The minimum atomic E-state index is -4.40. The van der Waals surface area contributed by atoms with Crippen molar-refractivity contribution < 1.29 is 27.4 Å². The fraction of sp³-hybridized carbons (Fsp3) is 0.412. The van der Waals surface area contributed by atoms with Crippen molar-refractivity contribution in [1.82, 2.24) is 9.55 Å². The standard InChI is InChI=1S/C17H19F3N2O3/c1-16(2,3)14(25-15(23)22-9-8-21-11-22)10-24-13-6-4-12(5-7-13)17(18,19)20/h4-9,11,14H,10H2,1-3H3. The van der Waals surface area contributed by atoms with Crippen LogP contribution in [0.4, 0.5) is 18.0 Å². The molecule has 0 bridgehead atoms. The molecule has 1 aromatic carbocycles. The topological polar surface area (TPSA) is 53.4 Å². The number of aromatic nitrogens is 2. The number of carbonyl (C=O) groups excluding carboxylic acids is 1. The summed E-state index contributed by atoms with van der Waals surface area (Å²) in [6.45, 7) is 5.62. The molecular formula is C17H19F3N2O3. The summed E-state index contributed by atoms with van der Waals surface area (Å²) < 4.78 is 49.8. The van der Waals surface area contributed by atoms with Crippen molar-refractivity contribution in [2.75, 3.05) is 6.61 Å². The first-order valence-corrected chi connectivity index (χ1v) is 7.56. The lowest BCUT2D eigenvalue weighted by Crippen LogP contribution is -2.37. The Hall–Kier alpha value is -2.51. The van der Waals surface area contributed by atoms with E-state index in [1.165, 1.54) is 35.4 Å². The van der Waals surface area contributed by atoms with E-state index in [0.717, 1.165) is 12.1 Å². The number of imidazole rings is 1. The predicted octanol–water partition coefficient (Wildman–Crippen LogP) is 4.38. The average Bonchev–Trinajstić information content (AvgIpc) is 3.04. The summed E-state index contributed by atoms with van der Waals surface area (Å²) in [6.07, 6.45) is -1.38. The number of carbonyl (C=O) groups is 1. The zero-order valence-electron chi connectivity index (χ0n) is 14.1. The van der Waals surface area contributed by atoms with Crippen LogP contribution in [0.5, 0.6) is 5.75 Å². The van der Waals surface area contributed by atoms with E-state index >= 15 is 0 Å². The zero-order valence-corrected chi connectivity index (χ0v) is 14.1. The highest BCUT2D eigenvalue weighted by atomic mass is 19.4. The van der Waals surface area contributed by atoms with Gasteiger partial charge in [-0.2, -0.15) is 13.2 Å². The summed E-state index contributed by atoms with van der Waals surface area (Å²) >= 11 is 0. The van der Waals surface area contributed by atoms with Gasteiger partial charge in [0.15, 0.2) is 0 Å². The van der Waals surface area contributed by atoms with Crippen LogP contribution in [-0.4, -0.2) is 28.4 Å². The lowest BCUT2D eigenvalue weighted by atomic mass is 9.89. The van der Waals surface area contributed by atoms with Crippen LogP contribution in [-0.2, 0) is 10.9 Å². The van der Waals surface area contributed by atoms with Crippen LogP contribution >= 0.6 is 0 Å². The molecule has 0 aliphatic rings. The molecule has 2 aromatic rings. The van der Waals surface area contributed by atoms with E-state index in [0.29, 0.717) is 0 Å². The number of ether oxygens (including phenoxy) is 2. The monoisotopic (exact) mass is 356 g/mol. The van der Waals surface area contributed by atoms with Gasteiger partial charge in [-0.1, -0.05) is 20.8 Å². The summed E-state index contributed by atoms with van der Waals surface area (Å²) in [5.74, 6) is 0.265. The lowest BCUT2D eigenvalue weighted by molar-refractivity contribution is -0.137. The maximum Gasteiger partial charge on any atom is 0.419 e. The average molecular weight is 356 g/mol. The molecule has 136 valence electrons. The van der Waals surface area contributed by atoms with Gasteiger partial charge in [-0.25, -0.2) is 14.3 Å². The molecule has 0 amide bonds. The van der Waals surface area contributed by atoms with Crippen LogP contribution in [0, 0.1) is 5.41 Å². The Labute approximate surface area is 143 Å².